The number of nitrogens with one attached hydrogen (secondary N) is 1. The van der Waals surface area contributed by atoms with Crippen LogP contribution in [0.1, 0.15) is 22.3 Å². The Hall–Kier alpha value is -2.16. The highest BCUT2D eigenvalue weighted by Crippen LogP contribution is 2.35. The summed E-state index contributed by atoms with van der Waals surface area (Å²) >= 11 is 12.8. The van der Waals surface area contributed by atoms with Gasteiger partial charge in [-0.05, 0) is 49.2 Å². The second-order valence-corrected chi connectivity index (χ2v) is 7.20. The van der Waals surface area contributed by atoms with Crippen molar-refractivity contribution in [3.8, 4) is 5.75 Å². The molecule has 134 valence electrons. The minimum atomic E-state index is 0.431. The maximum atomic E-state index is 6.39. The zero-order valence-corrected chi connectivity index (χ0v) is 16.4. The van der Waals surface area contributed by atoms with Crippen molar-refractivity contribution >= 4 is 28.9 Å². The molecule has 3 rings (SSSR count). The molecule has 3 aromatic carbocycles. The molecule has 0 aliphatic heterocycles. The molecule has 0 amide bonds. The van der Waals surface area contributed by atoms with Gasteiger partial charge in [0.15, 0.2) is 5.75 Å². The maximum Gasteiger partial charge on any atom is 0.156 e. The molecule has 0 heterocycles. The standard InChI is InChI=1S/C22H21Cl2NO/c1-15-3-7-17(8-4-15)14-26-22-20(23)11-18(12-21(22)24)13-25-19-9-5-16(2)6-10-19/h3-12,25H,13-14H2,1-2H3. The highest BCUT2D eigenvalue weighted by molar-refractivity contribution is 6.37. The van der Waals surface area contributed by atoms with Crippen LogP contribution in [-0.4, -0.2) is 0 Å². The Kier molecular flexibility index (Phi) is 6.08. The molecule has 4 heteroatoms. The average molecular weight is 386 g/mol. The molecule has 0 unspecified atom stereocenters. The fourth-order valence-electron chi connectivity index (χ4n) is 2.57. The Bertz CT molecular complexity index is 851. The quantitative estimate of drug-likeness (QED) is 0.503. The van der Waals surface area contributed by atoms with Crippen molar-refractivity contribution < 1.29 is 4.74 Å². The lowest BCUT2D eigenvalue weighted by Gasteiger charge is -2.13. The van der Waals surface area contributed by atoms with E-state index in [4.69, 9.17) is 27.9 Å². The van der Waals surface area contributed by atoms with E-state index < -0.39 is 0 Å². The van der Waals surface area contributed by atoms with Crippen LogP contribution in [0.2, 0.25) is 10.0 Å². The van der Waals surface area contributed by atoms with Gasteiger partial charge in [0, 0.05) is 12.2 Å². The molecule has 26 heavy (non-hydrogen) atoms. The summed E-state index contributed by atoms with van der Waals surface area (Å²) in [5.41, 5.74) is 5.59. The number of rotatable bonds is 6. The lowest BCUT2D eigenvalue weighted by molar-refractivity contribution is 0.306. The van der Waals surface area contributed by atoms with E-state index in [1.807, 2.05) is 24.3 Å². The number of ether oxygens (including phenoxy) is 1. The van der Waals surface area contributed by atoms with Gasteiger partial charge in [-0.15, -0.1) is 0 Å². The second-order valence-electron chi connectivity index (χ2n) is 6.38. The first-order valence-corrected chi connectivity index (χ1v) is 9.23. The molecule has 0 radical (unpaired) electrons. The lowest BCUT2D eigenvalue weighted by atomic mass is 10.1. The van der Waals surface area contributed by atoms with Gasteiger partial charge in [-0.25, -0.2) is 0 Å². The van der Waals surface area contributed by atoms with Crippen LogP contribution < -0.4 is 10.1 Å². The highest BCUT2D eigenvalue weighted by atomic mass is 35.5. The summed E-state index contributed by atoms with van der Waals surface area (Å²) in [6.07, 6.45) is 0. The monoisotopic (exact) mass is 385 g/mol. The van der Waals surface area contributed by atoms with Crippen LogP contribution >= 0.6 is 23.2 Å². The van der Waals surface area contributed by atoms with Gasteiger partial charge >= 0.3 is 0 Å². The zero-order chi connectivity index (χ0) is 18.5. The Balaban J connectivity index is 1.65. The van der Waals surface area contributed by atoms with Crippen LogP contribution in [0, 0.1) is 13.8 Å². The van der Waals surface area contributed by atoms with Crippen molar-refractivity contribution in [2.45, 2.75) is 27.0 Å². The van der Waals surface area contributed by atoms with E-state index in [0.717, 1.165) is 16.8 Å². The molecular weight excluding hydrogens is 365 g/mol. The predicted octanol–water partition coefficient (Wildman–Crippen LogP) is 6.80. The van der Waals surface area contributed by atoms with Gasteiger partial charge in [0.05, 0.1) is 10.0 Å². The summed E-state index contributed by atoms with van der Waals surface area (Å²) in [6, 6.07) is 20.2. The molecule has 0 fully saturated rings. The van der Waals surface area contributed by atoms with Gasteiger partial charge < -0.3 is 10.1 Å². The molecular formula is C22H21Cl2NO. The Labute approximate surface area is 164 Å². The topological polar surface area (TPSA) is 21.3 Å². The minimum absolute atomic E-state index is 0.431. The molecule has 2 nitrogen and oxygen atoms in total. The summed E-state index contributed by atoms with van der Waals surface area (Å²) in [6.45, 7) is 5.20. The van der Waals surface area contributed by atoms with E-state index in [0.29, 0.717) is 28.9 Å². The normalized spacial score (nSPS) is 10.6. The summed E-state index contributed by atoms with van der Waals surface area (Å²) in [5.74, 6) is 0.521. The van der Waals surface area contributed by atoms with Crippen molar-refractivity contribution in [2.75, 3.05) is 5.32 Å². The number of anilines is 1. The molecule has 0 atom stereocenters. The fraction of sp³-hybridized carbons (Fsp3) is 0.182. The molecule has 0 aromatic heterocycles. The SMILES string of the molecule is Cc1ccc(COc2c(Cl)cc(CNc3ccc(C)cc3)cc2Cl)cc1. The van der Waals surface area contributed by atoms with Crippen LogP contribution in [0.5, 0.6) is 5.75 Å². The van der Waals surface area contributed by atoms with Gasteiger partial charge in [-0.3, -0.25) is 0 Å². The van der Waals surface area contributed by atoms with Gasteiger partial charge in [0.1, 0.15) is 6.61 Å². The molecule has 0 aliphatic rings. The molecule has 3 aromatic rings. The van der Waals surface area contributed by atoms with Crippen LogP contribution in [0.3, 0.4) is 0 Å². The molecule has 1 N–H and O–H groups in total. The summed E-state index contributed by atoms with van der Waals surface area (Å²) in [5, 5.41) is 4.40. The first-order chi connectivity index (χ1) is 12.5. The fourth-order valence-corrected chi connectivity index (χ4v) is 3.21. The number of aryl methyl sites for hydroxylation is 2. The first-order valence-electron chi connectivity index (χ1n) is 8.48. The number of halogens is 2. The minimum Gasteiger partial charge on any atom is -0.486 e. The van der Waals surface area contributed by atoms with Gasteiger partial charge in [-0.2, -0.15) is 0 Å². The van der Waals surface area contributed by atoms with Crippen LogP contribution in [0.4, 0.5) is 5.69 Å². The summed E-state index contributed by atoms with van der Waals surface area (Å²) < 4.78 is 5.84. The summed E-state index contributed by atoms with van der Waals surface area (Å²) in [7, 11) is 0. The van der Waals surface area contributed by atoms with Crippen molar-refractivity contribution in [2.24, 2.45) is 0 Å². The van der Waals surface area contributed by atoms with Crippen molar-refractivity contribution in [1.82, 2.24) is 0 Å². The van der Waals surface area contributed by atoms with E-state index in [1.165, 1.54) is 11.1 Å². The van der Waals surface area contributed by atoms with Gasteiger partial charge in [0.25, 0.3) is 0 Å². The number of hydrogen-bond donors (Lipinski definition) is 1. The number of hydrogen-bond acceptors (Lipinski definition) is 2. The zero-order valence-electron chi connectivity index (χ0n) is 14.9. The van der Waals surface area contributed by atoms with Gasteiger partial charge in [-0.1, -0.05) is 70.7 Å². The third kappa shape index (κ3) is 4.94. The number of benzene rings is 3. The van der Waals surface area contributed by atoms with Crippen LogP contribution in [-0.2, 0) is 13.2 Å². The van der Waals surface area contributed by atoms with E-state index >= 15 is 0 Å². The molecule has 0 saturated heterocycles. The highest BCUT2D eigenvalue weighted by Gasteiger charge is 2.10. The van der Waals surface area contributed by atoms with Crippen LogP contribution in [0.25, 0.3) is 0 Å². The second kappa shape index (κ2) is 8.48. The average Bonchev–Trinajstić information content (AvgIpc) is 2.62. The molecule has 0 saturated carbocycles. The van der Waals surface area contributed by atoms with E-state index in [1.54, 1.807) is 0 Å². The third-order valence-corrected chi connectivity index (χ3v) is 4.67. The van der Waals surface area contributed by atoms with Crippen molar-refractivity contribution in [1.29, 1.82) is 0 Å². The molecule has 0 spiro atoms. The van der Waals surface area contributed by atoms with Gasteiger partial charge in [0.2, 0.25) is 0 Å². The van der Waals surface area contributed by atoms with E-state index in [-0.39, 0.29) is 0 Å². The smallest absolute Gasteiger partial charge is 0.156 e. The third-order valence-electron chi connectivity index (χ3n) is 4.11. The van der Waals surface area contributed by atoms with Crippen LogP contribution in [0.15, 0.2) is 60.7 Å². The van der Waals surface area contributed by atoms with E-state index in [9.17, 15) is 0 Å². The van der Waals surface area contributed by atoms with Crippen molar-refractivity contribution in [3.05, 3.63) is 93.0 Å². The van der Waals surface area contributed by atoms with E-state index in [2.05, 4.69) is 55.6 Å². The Morgan fingerprint density at radius 3 is 1.88 bits per heavy atom. The maximum absolute atomic E-state index is 6.39. The Morgan fingerprint density at radius 2 is 1.31 bits per heavy atom. The molecule has 0 bridgehead atoms. The largest absolute Gasteiger partial charge is 0.486 e. The lowest BCUT2D eigenvalue weighted by Crippen LogP contribution is -2.01. The molecule has 0 aliphatic carbocycles. The first kappa shape index (κ1) is 18.6. The summed E-state index contributed by atoms with van der Waals surface area (Å²) in [4.78, 5) is 0. The Morgan fingerprint density at radius 1 is 0.769 bits per heavy atom. The predicted molar refractivity (Wildman–Crippen MR) is 110 cm³/mol. The van der Waals surface area contributed by atoms with Crippen molar-refractivity contribution in [3.63, 3.8) is 0 Å².